The summed E-state index contributed by atoms with van der Waals surface area (Å²) in [5, 5.41) is 12.2. The zero-order chi connectivity index (χ0) is 17.1. The van der Waals surface area contributed by atoms with Crippen LogP contribution in [0.15, 0.2) is 48.7 Å². The first-order valence-corrected chi connectivity index (χ1v) is 8.62. The number of rotatable bonds is 5. The van der Waals surface area contributed by atoms with Crippen molar-refractivity contribution in [3.63, 3.8) is 0 Å². The van der Waals surface area contributed by atoms with E-state index in [0.717, 1.165) is 35.9 Å². The van der Waals surface area contributed by atoms with Gasteiger partial charge in [-0.25, -0.2) is 4.39 Å². The molecule has 3 heterocycles. The molecule has 1 atom stereocenters. The molecule has 2 aromatic heterocycles. The van der Waals surface area contributed by atoms with Gasteiger partial charge < -0.3 is 4.57 Å². The second-order valence-electron chi connectivity index (χ2n) is 6.27. The third kappa shape index (κ3) is 3.44. The summed E-state index contributed by atoms with van der Waals surface area (Å²) in [4.78, 5) is 4.26. The van der Waals surface area contributed by atoms with Gasteiger partial charge >= 0.3 is 0 Å². The Labute approximate surface area is 145 Å². The number of fused-ring (bicyclic) bond motifs is 1. The summed E-state index contributed by atoms with van der Waals surface area (Å²) >= 11 is 0. The molecule has 0 spiro atoms. The van der Waals surface area contributed by atoms with Crippen LogP contribution in [0.3, 0.4) is 0 Å². The molecule has 25 heavy (non-hydrogen) atoms. The molecule has 0 unspecified atom stereocenters. The van der Waals surface area contributed by atoms with Crippen molar-refractivity contribution in [1.29, 1.82) is 0 Å². The summed E-state index contributed by atoms with van der Waals surface area (Å²) < 4.78 is 15.5. The molecular formula is C19H20FN5. The fraction of sp³-hybridized carbons (Fsp3) is 0.316. The van der Waals surface area contributed by atoms with E-state index < -0.39 is 0 Å². The lowest BCUT2D eigenvalue weighted by Crippen LogP contribution is -2.25. The van der Waals surface area contributed by atoms with Gasteiger partial charge in [0.1, 0.15) is 17.5 Å². The number of halogens is 1. The van der Waals surface area contributed by atoms with Crippen molar-refractivity contribution in [2.24, 2.45) is 0 Å². The summed E-state index contributed by atoms with van der Waals surface area (Å²) in [5.74, 6) is 1.68. The van der Waals surface area contributed by atoms with Crippen LogP contribution in [0.2, 0.25) is 0 Å². The van der Waals surface area contributed by atoms with Crippen molar-refractivity contribution in [3.05, 3.63) is 77.4 Å². The van der Waals surface area contributed by atoms with Gasteiger partial charge in [-0.1, -0.05) is 30.3 Å². The highest BCUT2D eigenvalue weighted by Crippen LogP contribution is 2.21. The maximum Gasteiger partial charge on any atom is 0.147 e. The zero-order valence-electron chi connectivity index (χ0n) is 13.9. The van der Waals surface area contributed by atoms with E-state index in [9.17, 15) is 4.39 Å². The van der Waals surface area contributed by atoms with E-state index in [1.165, 1.54) is 25.1 Å². The lowest BCUT2D eigenvalue weighted by atomic mass is 10.0. The SMILES string of the molecule is Fc1ccc([C@@H](NCc2nnc3n2CCCC3)c2ccccc2)nc1. The lowest BCUT2D eigenvalue weighted by molar-refractivity contribution is 0.487. The first kappa shape index (κ1) is 15.9. The van der Waals surface area contributed by atoms with Crippen molar-refractivity contribution in [2.45, 2.75) is 38.4 Å². The van der Waals surface area contributed by atoms with Crippen LogP contribution in [0, 0.1) is 5.82 Å². The van der Waals surface area contributed by atoms with Crippen LogP contribution in [0.1, 0.15) is 41.8 Å². The molecular weight excluding hydrogens is 317 g/mol. The quantitative estimate of drug-likeness (QED) is 0.777. The number of nitrogens with zero attached hydrogens (tertiary/aromatic N) is 4. The third-order valence-electron chi connectivity index (χ3n) is 4.58. The average Bonchev–Trinajstić information content (AvgIpc) is 3.07. The standard InChI is InChI=1S/C19H20FN5/c20-15-9-10-16(21-12-15)19(14-6-2-1-3-7-14)22-13-18-24-23-17-8-4-5-11-25(17)18/h1-3,6-7,9-10,12,19,22H,4-5,8,11,13H2/t19-/m0/s1. The van der Waals surface area contributed by atoms with E-state index in [4.69, 9.17) is 0 Å². The molecule has 0 fully saturated rings. The summed E-state index contributed by atoms with van der Waals surface area (Å²) in [6, 6.07) is 13.1. The van der Waals surface area contributed by atoms with Crippen LogP contribution in [0.5, 0.6) is 0 Å². The summed E-state index contributed by atoms with van der Waals surface area (Å²) in [7, 11) is 0. The molecule has 1 aliphatic rings. The first-order valence-electron chi connectivity index (χ1n) is 8.62. The van der Waals surface area contributed by atoms with E-state index in [0.29, 0.717) is 6.54 Å². The predicted molar refractivity (Wildman–Crippen MR) is 92.3 cm³/mol. The largest absolute Gasteiger partial charge is 0.314 e. The van der Waals surface area contributed by atoms with Crippen molar-refractivity contribution < 1.29 is 4.39 Å². The Hall–Kier alpha value is -2.60. The fourth-order valence-electron chi connectivity index (χ4n) is 3.29. The van der Waals surface area contributed by atoms with Gasteiger partial charge in [0.2, 0.25) is 0 Å². The van der Waals surface area contributed by atoms with Gasteiger partial charge in [-0.05, 0) is 30.5 Å². The maximum absolute atomic E-state index is 13.2. The molecule has 3 aromatic rings. The third-order valence-corrected chi connectivity index (χ3v) is 4.58. The van der Waals surface area contributed by atoms with Gasteiger partial charge in [0, 0.05) is 13.0 Å². The highest BCUT2D eigenvalue weighted by molar-refractivity contribution is 5.27. The topological polar surface area (TPSA) is 55.6 Å². The molecule has 5 nitrogen and oxygen atoms in total. The number of aromatic nitrogens is 4. The molecule has 128 valence electrons. The minimum absolute atomic E-state index is 0.127. The summed E-state index contributed by atoms with van der Waals surface area (Å²) in [6.45, 7) is 1.57. The predicted octanol–water partition coefficient (Wildman–Crippen LogP) is 3.03. The number of hydrogen-bond donors (Lipinski definition) is 1. The molecule has 0 aliphatic carbocycles. The number of aryl methyl sites for hydroxylation is 1. The van der Waals surface area contributed by atoms with Crippen LogP contribution in [0.4, 0.5) is 4.39 Å². The molecule has 0 radical (unpaired) electrons. The van der Waals surface area contributed by atoms with Crippen LogP contribution < -0.4 is 5.32 Å². The number of benzene rings is 1. The number of nitrogens with one attached hydrogen (secondary N) is 1. The molecule has 1 aliphatic heterocycles. The molecule has 1 aromatic carbocycles. The average molecular weight is 337 g/mol. The van der Waals surface area contributed by atoms with E-state index >= 15 is 0 Å². The van der Waals surface area contributed by atoms with Gasteiger partial charge in [0.05, 0.1) is 24.5 Å². The Kier molecular flexibility index (Phi) is 4.52. The Bertz CT molecular complexity index is 829. The molecule has 1 N–H and O–H groups in total. The fourth-order valence-corrected chi connectivity index (χ4v) is 3.29. The van der Waals surface area contributed by atoms with Crippen molar-refractivity contribution in [1.82, 2.24) is 25.1 Å². The second-order valence-corrected chi connectivity index (χ2v) is 6.27. The number of pyridine rings is 1. The first-order chi connectivity index (χ1) is 12.3. The Morgan fingerprint density at radius 3 is 2.76 bits per heavy atom. The summed E-state index contributed by atoms with van der Waals surface area (Å²) in [5.41, 5.74) is 1.87. The Balaban J connectivity index is 1.58. The summed E-state index contributed by atoms with van der Waals surface area (Å²) in [6.07, 6.45) is 4.60. The minimum atomic E-state index is -0.331. The van der Waals surface area contributed by atoms with Gasteiger partial charge in [0.25, 0.3) is 0 Å². The van der Waals surface area contributed by atoms with Crippen LogP contribution >= 0.6 is 0 Å². The molecule has 6 heteroatoms. The maximum atomic E-state index is 13.2. The second kappa shape index (κ2) is 7.11. The zero-order valence-corrected chi connectivity index (χ0v) is 13.9. The van der Waals surface area contributed by atoms with Crippen molar-refractivity contribution in [2.75, 3.05) is 0 Å². The van der Waals surface area contributed by atoms with E-state index in [-0.39, 0.29) is 11.9 Å². The lowest BCUT2D eigenvalue weighted by Gasteiger charge is -2.20. The molecule has 4 rings (SSSR count). The van der Waals surface area contributed by atoms with Gasteiger partial charge in [-0.2, -0.15) is 0 Å². The highest BCUT2D eigenvalue weighted by atomic mass is 19.1. The van der Waals surface area contributed by atoms with Gasteiger partial charge in [-0.15, -0.1) is 10.2 Å². The Morgan fingerprint density at radius 2 is 1.96 bits per heavy atom. The van der Waals surface area contributed by atoms with Gasteiger partial charge in [0.15, 0.2) is 0 Å². The van der Waals surface area contributed by atoms with Crippen LogP contribution in [-0.4, -0.2) is 19.7 Å². The minimum Gasteiger partial charge on any atom is -0.314 e. The van der Waals surface area contributed by atoms with Crippen molar-refractivity contribution >= 4 is 0 Å². The van der Waals surface area contributed by atoms with Gasteiger partial charge in [-0.3, -0.25) is 10.3 Å². The molecule has 0 saturated carbocycles. The smallest absolute Gasteiger partial charge is 0.147 e. The van der Waals surface area contributed by atoms with Crippen LogP contribution in [-0.2, 0) is 19.5 Å². The molecule has 0 amide bonds. The van der Waals surface area contributed by atoms with Crippen molar-refractivity contribution in [3.8, 4) is 0 Å². The Morgan fingerprint density at radius 1 is 1.08 bits per heavy atom. The number of hydrogen-bond acceptors (Lipinski definition) is 4. The van der Waals surface area contributed by atoms with Crippen LogP contribution in [0.25, 0.3) is 0 Å². The van der Waals surface area contributed by atoms with E-state index in [2.05, 4.69) is 25.1 Å². The monoisotopic (exact) mass is 337 g/mol. The molecule has 0 saturated heterocycles. The van der Waals surface area contributed by atoms with E-state index in [1.807, 2.05) is 30.3 Å². The van der Waals surface area contributed by atoms with E-state index in [1.54, 1.807) is 6.07 Å². The molecule has 0 bridgehead atoms. The highest BCUT2D eigenvalue weighted by Gasteiger charge is 2.19. The normalized spacial score (nSPS) is 14.9.